The van der Waals surface area contributed by atoms with E-state index in [0.29, 0.717) is 5.69 Å². The van der Waals surface area contributed by atoms with Crippen molar-refractivity contribution in [3.05, 3.63) is 45.9 Å². The molecule has 0 aromatic carbocycles. The first kappa shape index (κ1) is 12.5. The highest BCUT2D eigenvalue weighted by Crippen LogP contribution is 2.21. The summed E-state index contributed by atoms with van der Waals surface area (Å²) >= 11 is 0. The molecule has 0 bridgehead atoms. The normalized spacial score (nSPS) is 11.5. The number of hydrogen-bond donors (Lipinski definition) is 2. The monoisotopic (exact) mass is 262 g/mol. The third-order valence-corrected chi connectivity index (χ3v) is 2.39. The minimum absolute atomic E-state index is 0.0626. The molecule has 0 saturated heterocycles. The van der Waals surface area contributed by atoms with Gasteiger partial charge in [0.2, 0.25) is 5.82 Å². The van der Waals surface area contributed by atoms with Crippen molar-refractivity contribution in [2.45, 2.75) is 6.92 Å². The molecule has 2 heterocycles. The molecular formula is C10H10N6O3. The Balaban J connectivity index is 2.59. The fourth-order valence-corrected chi connectivity index (χ4v) is 1.49. The molecule has 19 heavy (non-hydrogen) atoms. The molecule has 0 spiro atoms. The lowest BCUT2D eigenvalue weighted by Gasteiger charge is -2.04. The summed E-state index contributed by atoms with van der Waals surface area (Å²) in [5.74, 6) is -0.189. The van der Waals surface area contributed by atoms with Gasteiger partial charge in [-0.2, -0.15) is 5.10 Å². The Morgan fingerprint density at radius 1 is 1.63 bits per heavy atom. The lowest BCUT2D eigenvalue weighted by atomic mass is 10.2. The van der Waals surface area contributed by atoms with Crippen LogP contribution < -0.4 is 5.73 Å². The Morgan fingerprint density at radius 2 is 2.37 bits per heavy atom. The molecule has 0 saturated carbocycles. The molecule has 0 aliphatic rings. The van der Waals surface area contributed by atoms with Crippen LogP contribution in [0, 0.1) is 17.0 Å². The van der Waals surface area contributed by atoms with Gasteiger partial charge in [0.05, 0.1) is 10.6 Å². The van der Waals surface area contributed by atoms with Crippen molar-refractivity contribution in [1.82, 2.24) is 14.8 Å². The van der Waals surface area contributed by atoms with Gasteiger partial charge in [0, 0.05) is 24.0 Å². The number of hydrogen-bond acceptors (Lipinski definition) is 6. The average molecular weight is 262 g/mol. The zero-order valence-corrected chi connectivity index (χ0v) is 9.89. The van der Waals surface area contributed by atoms with E-state index in [2.05, 4.69) is 15.2 Å². The van der Waals surface area contributed by atoms with E-state index >= 15 is 0 Å². The molecule has 98 valence electrons. The topological polar surface area (TPSA) is 132 Å². The van der Waals surface area contributed by atoms with Crippen LogP contribution in [0.15, 0.2) is 29.7 Å². The number of oxime groups is 1. The summed E-state index contributed by atoms with van der Waals surface area (Å²) in [6.45, 7) is 1.76. The first-order valence-electron chi connectivity index (χ1n) is 5.18. The maximum absolute atomic E-state index is 11.0. The highest BCUT2D eigenvalue weighted by Gasteiger charge is 2.19. The summed E-state index contributed by atoms with van der Waals surface area (Å²) < 4.78 is 1.30. The third-order valence-electron chi connectivity index (χ3n) is 2.39. The minimum atomic E-state index is -0.604. The van der Waals surface area contributed by atoms with Crippen LogP contribution in [0.1, 0.15) is 11.3 Å². The molecule has 2 aromatic rings. The van der Waals surface area contributed by atoms with Crippen molar-refractivity contribution < 1.29 is 10.1 Å². The number of rotatable bonds is 3. The lowest BCUT2D eigenvalue weighted by molar-refractivity contribution is -0.384. The van der Waals surface area contributed by atoms with Gasteiger partial charge >= 0.3 is 5.69 Å². The lowest BCUT2D eigenvalue weighted by Crippen LogP contribution is -2.15. The molecule has 0 amide bonds. The van der Waals surface area contributed by atoms with Gasteiger partial charge in [0.1, 0.15) is 0 Å². The van der Waals surface area contributed by atoms with Crippen molar-refractivity contribution in [2.75, 3.05) is 0 Å². The van der Waals surface area contributed by atoms with E-state index in [1.165, 1.54) is 16.9 Å². The number of aryl methyl sites for hydroxylation is 1. The average Bonchev–Trinajstić information content (AvgIpc) is 2.83. The van der Waals surface area contributed by atoms with Crippen LogP contribution in [-0.2, 0) is 0 Å². The minimum Gasteiger partial charge on any atom is -0.409 e. The highest BCUT2D eigenvalue weighted by molar-refractivity contribution is 5.97. The molecule has 2 aromatic heterocycles. The summed E-state index contributed by atoms with van der Waals surface area (Å²) in [6.07, 6.45) is 2.84. The zero-order valence-electron chi connectivity index (χ0n) is 9.89. The largest absolute Gasteiger partial charge is 0.409 e. The van der Waals surface area contributed by atoms with Gasteiger partial charge in [-0.25, -0.2) is 9.67 Å². The summed E-state index contributed by atoms with van der Waals surface area (Å²) in [5, 5.41) is 26.4. The van der Waals surface area contributed by atoms with Gasteiger partial charge in [0.25, 0.3) is 0 Å². The molecule has 0 unspecified atom stereocenters. The highest BCUT2D eigenvalue weighted by atomic mass is 16.6. The predicted octanol–water partition coefficient (Wildman–Crippen LogP) is 0.578. The van der Waals surface area contributed by atoms with Gasteiger partial charge in [-0.3, -0.25) is 10.1 Å². The number of nitrogens with two attached hydrogens (primary N) is 1. The van der Waals surface area contributed by atoms with Crippen molar-refractivity contribution >= 4 is 11.5 Å². The van der Waals surface area contributed by atoms with Crippen LogP contribution in [0.4, 0.5) is 5.69 Å². The second-order valence-electron chi connectivity index (χ2n) is 3.71. The number of aromatic nitrogens is 3. The first-order chi connectivity index (χ1) is 9.02. The van der Waals surface area contributed by atoms with E-state index < -0.39 is 4.92 Å². The Kier molecular flexibility index (Phi) is 3.10. The van der Waals surface area contributed by atoms with Crippen molar-refractivity contribution in [3.8, 4) is 5.82 Å². The summed E-state index contributed by atoms with van der Waals surface area (Å²) in [4.78, 5) is 14.4. The summed E-state index contributed by atoms with van der Waals surface area (Å²) in [7, 11) is 0. The van der Waals surface area contributed by atoms with Crippen LogP contribution in [-0.4, -0.2) is 30.7 Å². The van der Waals surface area contributed by atoms with Gasteiger partial charge in [-0.05, 0) is 13.0 Å². The molecule has 0 aliphatic carbocycles. The molecule has 0 radical (unpaired) electrons. The van der Waals surface area contributed by atoms with E-state index in [-0.39, 0.29) is 22.9 Å². The Morgan fingerprint density at radius 3 is 2.89 bits per heavy atom. The van der Waals surface area contributed by atoms with Crippen molar-refractivity contribution in [2.24, 2.45) is 10.9 Å². The van der Waals surface area contributed by atoms with Gasteiger partial charge in [-0.1, -0.05) is 5.16 Å². The number of pyridine rings is 1. The number of nitrogens with zero attached hydrogens (tertiary/aromatic N) is 5. The molecular weight excluding hydrogens is 252 g/mol. The molecule has 3 N–H and O–H groups in total. The quantitative estimate of drug-likeness (QED) is 0.273. The van der Waals surface area contributed by atoms with Crippen LogP contribution in [0.25, 0.3) is 5.82 Å². The Hall–Kier alpha value is -2.97. The SMILES string of the molecule is Cc1ccn(-c2ncc(/C(N)=N/O)cc2[N+](=O)[O-])n1. The van der Waals surface area contributed by atoms with Crippen molar-refractivity contribution in [3.63, 3.8) is 0 Å². The number of amidine groups is 1. The fourth-order valence-electron chi connectivity index (χ4n) is 1.49. The van der Waals surface area contributed by atoms with Crippen LogP contribution in [0.3, 0.4) is 0 Å². The predicted molar refractivity (Wildman–Crippen MR) is 65.3 cm³/mol. The zero-order chi connectivity index (χ0) is 14.0. The second-order valence-corrected chi connectivity index (χ2v) is 3.71. The van der Waals surface area contributed by atoms with Gasteiger partial charge in [-0.15, -0.1) is 0 Å². The number of nitro groups is 1. The van der Waals surface area contributed by atoms with E-state index in [1.54, 1.807) is 19.2 Å². The standard InChI is InChI=1S/C10H10N6O3/c1-6-2-3-15(13-6)10-8(16(18)19)4-7(5-12-10)9(11)14-17/h2-5,17H,1H3,(H2,11,14). The molecule has 9 heteroatoms. The Bertz CT molecular complexity index is 663. The smallest absolute Gasteiger partial charge is 0.314 e. The van der Waals surface area contributed by atoms with Gasteiger partial charge < -0.3 is 10.9 Å². The maximum Gasteiger partial charge on any atom is 0.314 e. The summed E-state index contributed by atoms with van der Waals surface area (Å²) in [5.41, 5.74) is 5.95. The molecule has 2 rings (SSSR count). The maximum atomic E-state index is 11.0. The van der Waals surface area contributed by atoms with Crippen LogP contribution in [0.5, 0.6) is 0 Å². The fraction of sp³-hybridized carbons (Fsp3) is 0.100. The third kappa shape index (κ3) is 2.34. The Labute approximate surface area is 107 Å². The van der Waals surface area contributed by atoms with E-state index in [9.17, 15) is 10.1 Å². The van der Waals surface area contributed by atoms with E-state index in [1.807, 2.05) is 0 Å². The molecule has 0 fully saturated rings. The van der Waals surface area contributed by atoms with Crippen LogP contribution >= 0.6 is 0 Å². The molecule has 0 atom stereocenters. The van der Waals surface area contributed by atoms with E-state index in [4.69, 9.17) is 10.9 Å². The van der Waals surface area contributed by atoms with Crippen molar-refractivity contribution in [1.29, 1.82) is 0 Å². The first-order valence-corrected chi connectivity index (χ1v) is 5.18. The van der Waals surface area contributed by atoms with Gasteiger partial charge in [0.15, 0.2) is 5.84 Å². The molecule has 0 aliphatic heterocycles. The second kappa shape index (κ2) is 4.72. The summed E-state index contributed by atoms with van der Waals surface area (Å²) in [6, 6.07) is 2.87. The van der Waals surface area contributed by atoms with E-state index in [0.717, 1.165) is 0 Å². The van der Waals surface area contributed by atoms with Crippen LogP contribution in [0.2, 0.25) is 0 Å². The molecule has 9 nitrogen and oxygen atoms in total.